The van der Waals surface area contributed by atoms with E-state index in [0.717, 1.165) is 22.0 Å². The van der Waals surface area contributed by atoms with E-state index in [-0.39, 0.29) is 0 Å². The van der Waals surface area contributed by atoms with E-state index in [2.05, 4.69) is 18.0 Å². The van der Waals surface area contributed by atoms with Crippen molar-refractivity contribution in [3.63, 3.8) is 0 Å². The molecule has 2 nitrogen and oxygen atoms in total. The summed E-state index contributed by atoms with van der Waals surface area (Å²) in [5.74, 6) is 0.856. The van der Waals surface area contributed by atoms with Crippen LogP contribution in [-0.4, -0.2) is 4.98 Å². The van der Waals surface area contributed by atoms with Gasteiger partial charge in [-0.05, 0) is 36.8 Å². The van der Waals surface area contributed by atoms with Crippen LogP contribution in [0.3, 0.4) is 0 Å². The van der Waals surface area contributed by atoms with Gasteiger partial charge in [0.1, 0.15) is 0 Å². The molecule has 82 valence electrons. The molecule has 16 heavy (non-hydrogen) atoms. The molecule has 1 aromatic heterocycles. The summed E-state index contributed by atoms with van der Waals surface area (Å²) in [5.41, 5.74) is 9.06. The van der Waals surface area contributed by atoms with E-state index in [0.29, 0.717) is 0 Å². The van der Waals surface area contributed by atoms with Gasteiger partial charge in [0.05, 0.1) is 5.69 Å². The molecule has 0 aliphatic heterocycles. The van der Waals surface area contributed by atoms with Gasteiger partial charge in [-0.3, -0.25) is 4.98 Å². The maximum absolute atomic E-state index is 5.91. The second-order valence-corrected chi connectivity index (χ2v) is 4.67. The third-order valence-corrected chi connectivity index (χ3v) is 3.38. The maximum atomic E-state index is 5.91. The molecule has 1 heterocycles. The van der Waals surface area contributed by atoms with Crippen LogP contribution in [0.4, 0.5) is 5.69 Å². The van der Waals surface area contributed by atoms with Gasteiger partial charge in [0.25, 0.3) is 0 Å². The number of anilines is 1. The van der Waals surface area contributed by atoms with Gasteiger partial charge < -0.3 is 5.73 Å². The molecule has 0 amide bonds. The lowest BCUT2D eigenvalue weighted by atomic mass is 10.2. The largest absolute Gasteiger partial charge is 0.398 e. The smallest absolute Gasteiger partial charge is 0.0506 e. The van der Waals surface area contributed by atoms with Gasteiger partial charge in [0.2, 0.25) is 0 Å². The van der Waals surface area contributed by atoms with Gasteiger partial charge >= 0.3 is 0 Å². The Balaban J connectivity index is 2.08. The molecule has 0 unspecified atom stereocenters. The first-order chi connectivity index (χ1) is 7.75. The summed E-state index contributed by atoms with van der Waals surface area (Å²) in [6.45, 7) is 2.07. The number of rotatable bonds is 3. The van der Waals surface area contributed by atoms with Gasteiger partial charge in [-0.2, -0.15) is 0 Å². The highest BCUT2D eigenvalue weighted by molar-refractivity contribution is 7.98. The second kappa shape index (κ2) is 5.03. The Bertz CT molecular complexity index is 469. The van der Waals surface area contributed by atoms with Crippen molar-refractivity contribution in [2.75, 3.05) is 5.73 Å². The number of hydrogen-bond acceptors (Lipinski definition) is 3. The molecule has 0 fully saturated rings. The summed E-state index contributed by atoms with van der Waals surface area (Å²) in [7, 11) is 0. The van der Waals surface area contributed by atoms with E-state index >= 15 is 0 Å². The molecule has 0 saturated carbocycles. The van der Waals surface area contributed by atoms with Crippen molar-refractivity contribution in [2.45, 2.75) is 17.6 Å². The molecule has 1 aromatic carbocycles. The van der Waals surface area contributed by atoms with Gasteiger partial charge in [-0.25, -0.2) is 0 Å². The Hall–Kier alpha value is -1.48. The van der Waals surface area contributed by atoms with Crippen molar-refractivity contribution >= 4 is 17.4 Å². The predicted molar refractivity (Wildman–Crippen MR) is 69.4 cm³/mol. The van der Waals surface area contributed by atoms with Crippen LogP contribution in [0.15, 0.2) is 47.5 Å². The number of thioether (sulfide) groups is 1. The van der Waals surface area contributed by atoms with E-state index in [1.54, 1.807) is 11.8 Å². The topological polar surface area (TPSA) is 38.9 Å². The van der Waals surface area contributed by atoms with Gasteiger partial charge in [-0.15, -0.1) is 11.8 Å². The Morgan fingerprint density at radius 2 is 2.12 bits per heavy atom. The fourth-order valence-corrected chi connectivity index (χ4v) is 2.38. The number of nitrogens with two attached hydrogens (primary N) is 1. The third kappa shape index (κ3) is 2.76. The average Bonchev–Trinajstić information content (AvgIpc) is 2.32. The average molecular weight is 230 g/mol. The van der Waals surface area contributed by atoms with Crippen molar-refractivity contribution in [2.24, 2.45) is 0 Å². The Labute approximate surface area is 99.9 Å². The van der Waals surface area contributed by atoms with Crippen LogP contribution in [0.2, 0.25) is 0 Å². The number of benzene rings is 1. The van der Waals surface area contributed by atoms with Crippen LogP contribution in [0, 0.1) is 6.92 Å². The number of hydrogen-bond donors (Lipinski definition) is 1. The summed E-state index contributed by atoms with van der Waals surface area (Å²) in [6, 6.07) is 12.1. The molecule has 0 bridgehead atoms. The van der Waals surface area contributed by atoms with E-state index in [4.69, 9.17) is 5.73 Å². The molecular formula is C13H14N2S. The highest BCUT2D eigenvalue weighted by Crippen LogP contribution is 2.28. The monoisotopic (exact) mass is 230 g/mol. The number of pyridine rings is 1. The lowest BCUT2D eigenvalue weighted by Gasteiger charge is -2.06. The van der Waals surface area contributed by atoms with Crippen LogP contribution in [0.25, 0.3) is 0 Å². The quantitative estimate of drug-likeness (QED) is 0.649. The minimum Gasteiger partial charge on any atom is -0.398 e. The van der Waals surface area contributed by atoms with Crippen molar-refractivity contribution in [3.05, 3.63) is 53.9 Å². The fourth-order valence-electron chi connectivity index (χ4n) is 1.40. The van der Waals surface area contributed by atoms with Crippen LogP contribution >= 0.6 is 11.8 Å². The first-order valence-electron chi connectivity index (χ1n) is 5.14. The predicted octanol–water partition coefficient (Wildman–Crippen LogP) is 3.26. The van der Waals surface area contributed by atoms with Crippen LogP contribution in [0.1, 0.15) is 11.3 Å². The molecule has 2 N–H and O–H groups in total. The highest BCUT2D eigenvalue weighted by Gasteiger charge is 2.01. The maximum Gasteiger partial charge on any atom is 0.0506 e. The molecule has 0 saturated heterocycles. The van der Waals surface area contributed by atoms with Crippen molar-refractivity contribution in [1.82, 2.24) is 4.98 Å². The summed E-state index contributed by atoms with van der Waals surface area (Å²) >= 11 is 1.73. The molecule has 0 aliphatic carbocycles. The number of nitrogen functional groups attached to an aromatic ring is 1. The van der Waals surface area contributed by atoms with E-state index < -0.39 is 0 Å². The fraction of sp³-hybridized carbons (Fsp3) is 0.154. The first-order valence-corrected chi connectivity index (χ1v) is 6.13. The first kappa shape index (κ1) is 11.0. The zero-order chi connectivity index (χ0) is 11.4. The van der Waals surface area contributed by atoms with E-state index in [1.165, 1.54) is 5.56 Å². The SMILES string of the molecule is Cc1ccc(N)c(SCc2ccccn2)c1. The lowest BCUT2D eigenvalue weighted by Crippen LogP contribution is -1.90. The molecular weight excluding hydrogens is 216 g/mol. The van der Waals surface area contributed by atoms with Crippen molar-refractivity contribution in [1.29, 1.82) is 0 Å². The Kier molecular flexibility index (Phi) is 3.47. The minimum atomic E-state index is 0.839. The molecule has 0 aliphatic rings. The zero-order valence-corrected chi connectivity index (χ0v) is 10.00. The Morgan fingerprint density at radius 1 is 1.25 bits per heavy atom. The summed E-state index contributed by atoms with van der Waals surface area (Å²) < 4.78 is 0. The minimum absolute atomic E-state index is 0.839. The van der Waals surface area contributed by atoms with Crippen LogP contribution < -0.4 is 5.73 Å². The molecule has 0 spiro atoms. The standard InChI is InChI=1S/C13H14N2S/c1-10-5-6-12(14)13(8-10)16-9-11-4-2-3-7-15-11/h2-8H,9,14H2,1H3. The molecule has 0 radical (unpaired) electrons. The van der Waals surface area contributed by atoms with Crippen molar-refractivity contribution in [3.8, 4) is 0 Å². The third-order valence-electron chi connectivity index (χ3n) is 2.27. The highest BCUT2D eigenvalue weighted by atomic mass is 32.2. The molecule has 2 aromatic rings. The number of nitrogens with zero attached hydrogens (tertiary/aromatic N) is 1. The second-order valence-electron chi connectivity index (χ2n) is 3.65. The van der Waals surface area contributed by atoms with E-state index in [1.807, 2.05) is 36.5 Å². The van der Waals surface area contributed by atoms with Crippen molar-refractivity contribution < 1.29 is 0 Å². The van der Waals surface area contributed by atoms with Gasteiger partial charge in [0.15, 0.2) is 0 Å². The van der Waals surface area contributed by atoms with Crippen LogP contribution in [0.5, 0.6) is 0 Å². The summed E-state index contributed by atoms with van der Waals surface area (Å²) in [4.78, 5) is 5.41. The lowest BCUT2D eigenvalue weighted by molar-refractivity contribution is 1.17. The number of aryl methyl sites for hydroxylation is 1. The summed E-state index contributed by atoms with van der Waals surface area (Å²) in [6.07, 6.45) is 1.81. The van der Waals surface area contributed by atoms with E-state index in [9.17, 15) is 0 Å². The molecule has 0 atom stereocenters. The molecule has 2 rings (SSSR count). The number of aromatic nitrogens is 1. The van der Waals surface area contributed by atoms with Gasteiger partial charge in [0, 0.05) is 22.5 Å². The van der Waals surface area contributed by atoms with Gasteiger partial charge in [-0.1, -0.05) is 12.1 Å². The van der Waals surface area contributed by atoms with Crippen LogP contribution in [-0.2, 0) is 5.75 Å². The normalized spacial score (nSPS) is 10.3. The Morgan fingerprint density at radius 3 is 2.88 bits per heavy atom. The molecule has 3 heteroatoms. The zero-order valence-electron chi connectivity index (χ0n) is 9.18. The summed E-state index contributed by atoms with van der Waals surface area (Å²) in [5, 5.41) is 0.